The second-order valence-electron chi connectivity index (χ2n) is 12.0. The lowest BCUT2D eigenvalue weighted by Crippen LogP contribution is -2.52. The molecule has 8 heteroatoms. The smallest absolute Gasteiger partial charge is 0.419 e. The first-order valence-corrected chi connectivity index (χ1v) is 13.9. The number of esters is 1. The molecular weight excluding hydrogens is 508 g/mol. The molecule has 2 saturated heterocycles. The van der Waals surface area contributed by atoms with E-state index in [-0.39, 0.29) is 17.6 Å². The van der Waals surface area contributed by atoms with Gasteiger partial charge in [-0.3, -0.25) is 9.47 Å². The molecule has 8 nitrogen and oxygen atoms in total. The maximum absolute atomic E-state index is 13.1. The van der Waals surface area contributed by atoms with Crippen molar-refractivity contribution in [2.24, 2.45) is 0 Å². The van der Waals surface area contributed by atoms with E-state index in [1.165, 1.54) is 7.11 Å². The number of piperidine rings is 1. The van der Waals surface area contributed by atoms with Crippen molar-refractivity contribution < 1.29 is 28.5 Å². The number of ether oxygens (including phenoxy) is 4. The van der Waals surface area contributed by atoms with Gasteiger partial charge in [0.15, 0.2) is 0 Å². The minimum Gasteiger partial charge on any atom is -0.496 e. The molecule has 2 aromatic carbocycles. The lowest BCUT2D eigenvalue weighted by molar-refractivity contribution is -0.0460. The van der Waals surface area contributed by atoms with Crippen molar-refractivity contribution in [3.8, 4) is 5.75 Å². The second-order valence-corrected chi connectivity index (χ2v) is 12.0. The minimum absolute atomic E-state index is 0.150. The lowest BCUT2D eigenvalue weighted by atomic mass is 9.79. The minimum atomic E-state index is -0.600. The van der Waals surface area contributed by atoms with Gasteiger partial charge in [-0.15, -0.1) is 0 Å². The van der Waals surface area contributed by atoms with Crippen LogP contribution in [0.15, 0.2) is 42.6 Å². The molecule has 0 saturated carbocycles. The van der Waals surface area contributed by atoms with Crippen LogP contribution in [0.3, 0.4) is 0 Å². The number of carbonyl (C=O) groups is 2. The van der Waals surface area contributed by atoms with Crippen LogP contribution in [-0.4, -0.2) is 60.6 Å². The molecular formula is C32H40N2O6. The summed E-state index contributed by atoms with van der Waals surface area (Å²) in [7, 11) is 4.89. The van der Waals surface area contributed by atoms with Gasteiger partial charge in [0.1, 0.15) is 11.4 Å². The molecule has 0 amide bonds. The fraction of sp³-hybridized carbons (Fsp3) is 0.500. The number of benzene rings is 2. The van der Waals surface area contributed by atoms with E-state index in [0.29, 0.717) is 18.2 Å². The van der Waals surface area contributed by atoms with Crippen LogP contribution in [-0.2, 0) is 26.3 Å². The quantitative estimate of drug-likeness (QED) is 0.340. The Bertz CT molecular complexity index is 1420. The average molecular weight is 549 g/mol. The second kappa shape index (κ2) is 10.6. The predicted molar refractivity (Wildman–Crippen MR) is 153 cm³/mol. The molecule has 2 aliphatic rings. The number of rotatable bonds is 6. The summed E-state index contributed by atoms with van der Waals surface area (Å²) in [6.07, 6.45) is 5.40. The van der Waals surface area contributed by atoms with E-state index in [9.17, 15) is 9.59 Å². The van der Waals surface area contributed by atoms with Crippen LogP contribution in [0, 0.1) is 6.92 Å². The molecule has 0 N–H and O–H groups in total. The first-order valence-electron chi connectivity index (χ1n) is 13.9. The zero-order chi connectivity index (χ0) is 28.8. The zero-order valence-electron chi connectivity index (χ0n) is 24.6. The van der Waals surface area contributed by atoms with E-state index in [0.717, 1.165) is 59.0 Å². The zero-order valence-corrected chi connectivity index (χ0v) is 24.6. The number of aryl methyl sites for hydroxylation is 1. The van der Waals surface area contributed by atoms with Crippen LogP contribution in [0.5, 0.6) is 5.75 Å². The van der Waals surface area contributed by atoms with E-state index in [2.05, 4.69) is 17.0 Å². The molecule has 3 aromatic rings. The van der Waals surface area contributed by atoms with Crippen molar-refractivity contribution >= 4 is 23.0 Å². The number of methoxy groups -OCH3 is 3. The van der Waals surface area contributed by atoms with E-state index in [1.807, 2.05) is 52.0 Å². The van der Waals surface area contributed by atoms with Crippen molar-refractivity contribution in [2.45, 2.75) is 83.2 Å². The van der Waals surface area contributed by atoms with Crippen molar-refractivity contribution in [3.05, 3.63) is 64.8 Å². The number of nitrogens with zero attached hydrogens (tertiary/aromatic N) is 2. The third-order valence-corrected chi connectivity index (χ3v) is 8.53. The van der Waals surface area contributed by atoms with Gasteiger partial charge < -0.3 is 18.9 Å². The van der Waals surface area contributed by atoms with Crippen LogP contribution >= 0.6 is 0 Å². The first-order chi connectivity index (χ1) is 19.0. The molecule has 214 valence electrons. The van der Waals surface area contributed by atoms with Crippen LogP contribution in [0.2, 0.25) is 0 Å². The van der Waals surface area contributed by atoms with Gasteiger partial charge in [0.25, 0.3) is 0 Å². The third kappa shape index (κ3) is 4.88. The largest absolute Gasteiger partial charge is 0.496 e. The molecule has 0 radical (unpaired) electrons. The van der Waals surface area contributed by atoms with Crippen LogP contribution in [0.1, 0.15) is 73.5 Å². The van der Waals surface area contributed by atoms with Gasteiger partial charge in [0.2, 0.25) is 0 Å². The molecule has 3 heterocycles. The lowest BCUT2D eigenvalue weighted by Gasteiger charge is -2.48. The average Bonchev–Trinajstić information content (AvgIpc) is 3.46. The first kappa shape index (κ1) is 28.2. The van der Waals surface area contributed by atoms with Gasteiger partial charge in [-0.05, 0) is 88.8 Å². The predicted octanol–water partition coefficient (Wildman–Crippen LogP) is 6.20. The monoisotopic (exact) mass is 548 g/mol. The van der Waals surface area contributed by atoms with E-state index in [4.69, 9.17) is 18.9 Å². The number of carbonyl (C=O) groups excluding carboxylic acids is 2. The van der Waals surface area contributed by atoms with Gasteiger partial charge >= 0.3 is 12.1 Å². The maximum atomic E-state index is 13.1. The van der Waals surface area contributed by atoms with E-state index in [1.54, 1.807) is 25.0 Å². The van der Waals surface area contributed by atoms with Crippen LogP contribution in [0.4, 0.5) is 4.79 Å². The third-order valence-electron chi connectivity index (χ3n) is 8.53. The molecule has 40 heavy (non-hydrogen) atoms. The van der Waals surface area contributed by atoms with Gasteiger partial charge in [-0.25, -0.2) is 9.59 Å². The maximum Gasteiger partial charge on any atom is 0.419 e. The Morgan fingerprint density at radius 2 is 1.80 bits per heavy atom. The highest BCUT2D eigenvalue weighted by Gasteiger charge is 2.53. The molecule has 2 unspecified atom stereocenters. The van der Waals surface area contributed by atoms with Crippen LogP contribution < -0.4 is 4.74 Å². The summed E-state index contributed by atoms with van der Waals surface area (Å²) in [5.41, 5.74) is 3.67. The summed E-state index contributed by atoms with van der Waals surface area (Å²) in [5.74, 6) is 0.460. The summed E-state index contributed by atoms with van der Waals surface area (Å²) in [6.45, 7) is 8.25. The van der Waals surface area contributed by atoms with Crippen molar-refractivity contribution in [3.63, 3.8) is 0 Å². The summed E-state index contributed by atoms with van der Waals surface area (Å²) in [4.78, 5) is 27.8. The Hall–Kier alpha value is -3.36. The number of hydrogen-bond donors (Lipinski definition) is 0. The molecule has 1 aromatic heterocycles. The number of aromatic nitrogens is 1. The summed E-state index contributed by atoms with van der Waals surface area (Å²) < 4.78 is 24.1. The summed E-state index contributed by atoms with van der Waals surface area (Å²) >= 11 is 0. The Morgan fingerprint density at radius 3 is 2.42 bits per heavy atom. The van der Waals surface area contributed by atoms with Crippen molar-refractivity contribution in [1.29, 1.82) is 0 Å². The highest BCUT2D eigenvalue weighted by atomic mass is 16.6. The molecule has 2 bridgehead atoms. The Labute approximate surface area is 236 Å². The normalized spacial score (nSPS) is 22.9. The van der Waals surface area contributed by atoms with Gasteiger partial charge in [0, 0.05) is 42.4 Å². The molecule has 0 aliphatic carbocycles. The molecule has 2 fully saturated rings. The van der Waals surface area contributed by atoms with E-state index >= 15 is 0 Å². The summed E-state index contributed by atoms with van der Waals surface area (Å²) in [5, 5.41) is 0.979. The fourth-order valence-corrected chi connectivity index (χ4v) is 6.75. The van der Waals surface area contributed by atoms with Gasteiger partial charge in [0.05, 0.1) is 31.4 Å². The SMILES string of the molecule is COC(=O)c1ccc(C23CCC(C[C@H](OC)C2)N3Cc2c(OC)cc(C)c3c2ccn3C(=O)OC(C)(C)C)cc1. The molecule has 2 aliphatic heterocycles. The Balaban J connectivity index is 1.59. The Kier molecular flexibility index (Phi) is 7.44. The Morgan fingerprint density at radius 1 is 1.07 bits per heavy atom. The van der Waals surface area contributed by atoms with Gasteiger partial charge in [-0.1, -0.05) is 12.1 Å². The highest BCUT2D eigenvalue weighted by molar-refractivity contribution is 5.95. The van der Waals surface area contributed by atoms with Crippen molar-refractivity contribution in [2.75, 3.05) is 21.3 Å². The van der Waals surface area contributed by atoms with Crippen molar-refractivity contribution in [1.82, 2.24) is 9.47 Å². The van der Waals surface area contributed by atoms with Gasteiger partial charge in [-0.2, -0.15) is 0 Å². The fourth-order valence-electron chi connectivity index (χ4n) is 6.75. The van der Waals surface area contributed by atoms with Crippen LogP contribution in [0.25, 0.3) is 10.9 Å². The number of fused-ring (bicyclic) bond motifs is 3. The molecule has 0 spiro atoms. The topological polar surface area (TPSA) is 79.2 Å². The molecule has 3 atom stereocenters. The highest BCUT2D eigenvalue weighted by Crippen LogP contribution is 2.52. The molecule has 5 rings (SSSR count). The summed E-state index contributed by atoms with van der Waals surface area (Å²) in [6, 6.07) is 12.1. The number of hydrogen-bond acceptors (Lipinski definition) is 7. The standard InChI is InChI=1S/C32H40N2O6/c1-20-16-27(38-6)26(25-13-15-33(28(20)25)30(36)40-31(2,3)4)19-34-23-12-14-32(34,18-24(17-23)37-5)22-10-8-21(9-11-22)29(35)39-7/h8-11,13,15-16,23-24H,12,14,17-19H2,1-7H3/t23?,24-,32?/m0/s1. The van der Waals surface area contributed by atoms with E-state index < -0.39 is 11.7 Å².